The molecular weight excluding hydrogens is 372 g/mol. The molecule has 1 amide bonds. The minimum Gasteiger partial charge on any atom is -0.491 e. The summed E-state index contributed by atoms with van der Waals surface area (Å²) < 4.78 is 11.2. The Balaban J connectivity index is 1.54. The fraction of sp³-hybridized carbons (Fsp3) is 0.524. The second-order valence-corrected chi connectivity index (χ2v) is 7.25. The number of nitrogens with one attached hydrogen (secondary N) is 2. The molecular formula is C21H28N4O4. The Morgan fingerprint density at radius 1 is 1.34 bits per heavy atom. The van der Waals surface area contributed by atoms with Gasteiger partial charge in [0.05, 0.1) is 12.2 Å². The van der Waals surface area contributed by atoms with E-state index in [9.17, 15) is 9.59 Å². The summed E-state index contributed by atoms with van der Waals surface area (Å²) in [6, 6.07) is 7.34. The van der Waals surface area contributed by atoms with E-state index in [0.717, 1.165) is 37.2 Å². The molecule has 1 aromatic carbocycles. The number of hydrogen-bond acceptors (Lipinski definition) is 6. The van der Waals surface area contributed by atoms with Gasteiger partial charge in [0, 0.05) is 31.6 Å². The standard InChI is InChI=1S/C21H28N4O4/c1-3-14(2)29-16-8-6-15(7-9-16)20-23-21(27)18(24-25-20)10-11-19(26)22-13-17-5-4-12-28-17/h6-9,14,17H,3-5,10-13H2,1-2H3,(H,22,26)(H,23,25,27)/t14-,17-/m1/s1. The van der Waals surface area contributed by atoms with E-state index in [1.165, 1.54) is 0 Å². The Bertz CT molecular complexity index is 860. The molecule has 29 heavy (non-hydrogen) atoms. The van der Waals surface area contributed by atoms with Gasteiger partial charge >= 0.3 is 0 Å². The van der Waals surface area contributed by atoms with E-state index in [0.29, 0.717) is 12.4 Å². The van der Waals surface area contributed by atoms with E-state index < -0.39 is 0 Å². The molecule has 8 nitrogen and oxygen atoms in total. The highest BCUT2D eigenvalue weighted by Crippen LogP contribution is 2.19. The average molecular weight is 400 g/mol. The maximum absolute atomic E-state index is 12.3. The van der Waals surface area contributed by atoms with Crippen LogP contribution in [0.2, 0.25) is 0 Å². The van der Waals surface area contributed by atoms with Gasteiger partial charge in [-0.3, -0.25) is 9.59 Å². The van der Waals surface area contributed by atoms with Gasteiger partial charge in [-0.25, -0.2) is 0 Å². The number of aromatic amines is 1. The van der Waals surface area contributed by atoms with Gasteiger partial charge < -0.3 is 19.8 Å². The molecule has 0 spiro atoms. The number of aryl methyl sites for hydroxylation is 1. The van der Waals surface area contributed by atoms with E-state index in [1.807, 2.05) is 31.2 Å². The molecule has 1 aliphatic rings. The summed E-state index contributed by atoms with van der Waals surface area (Å²) in [7, 11) is 0. The van der Waals surface area contributed by atoms with Crippen LogP contribution in [0.5, 0.6) is 5.75 Å². The average Bonchev–Trinajstić information content (AvgIpc) is 3.25. The highest BCUT2D eigenvalue weighted by molar-refractivity contribution is 5.76. The van der Waals surface area contributed by atoms with Gasteiger partial charge in [-0.2, -0.15) is 0 Å². The number of hydrogen-bond donors (Lipinski definition) is 2. The molecule has 1 aliphatic heterocycles. The van der Waals surface area contributed by atoms with Gasteiger partial charge in [-0.05, 0) is 50.5 Å². The number of nitrogens with zero attached hydrogens (tertiary/aromatic N) is 2. The molecule has 1 fully saturated rings. The number of carbonyl (C=O) groups is 1. The van der Waals surface area contributed by atoms with Crippen molar-refractivity contribution < 1.29 is 14.3 Å². The molecule has 0 saturated carbocycles. The first kappa shape index (κ1) is 21.0. The van der Waals surface area contributed by atoms with Crippen LogP contribution in [0, 0.1) is 0 Å². The molecule has 1 aromatic heterocycles. The second-order valence-electron chi connectivity index (χ2n) is 7.25. The zero-order valence-electron chi connectivity index (χ0n) is 16.9. The van der Waals surface area contributed by atoms with Gasteiger partial charge in [-0.15, -0.1) is 10.2 Å². The quantitative estimate of drug-likeness (QED) is 0.669. The molecule has 156 valence electrons. The van der Waals surface area contributed by atoms with Crippen molar-refractivity contribution in [2.75, 3.05) is 13.2 Å². The monoisotopic (exact) mass is 400 g/mol. The van der Waals surface area contributed by atoms with E-state index in [2.05, 4.69) is 27.4 Å². The van der Waals surface area contributed by atoms with Crippen LogP contribution in [0.3, 0.4) is 0 Å². The summed E-state index contributed by atoms with van der Waals surface area (Å²) >= 11 is 0. The lowest BCUT2D eigenvalue weighted by molar-refractivity contribution is -0.121. The van der Waals surface area contributed by atoms with Crippen molar-refractivity contribution in [2.45, 2.75) is 58.2 Å². The summed E-state index contributed by atoms with van der Waals surface area (Å²) in [4.78, 5) is 27.0. The van der Waals surface area contributed by atoms with Crippen molar-refractivity contribution in [3.63, 3.8) is 0 Å². The third-order valence-electron chi connectivity index (χ3n) is 4.94. The lowest BCUT2D eigenvalue weighted by Crippen LogP contribution is -2.32. The van der Waals surface area contributed by atoms with Crippen LogP contribution in [-0.2, 0) is 16.0 Å². The van der Waals surface area contributed by atoms with Crippen LogP contribution in [0.4, 0.5) is 0 Å². The van der Waals surface area contributed by atoms with Crippen LogP contribution in [0.1, 0.15) is 45.2 Å². The third kappa shape index (κ3) is 6.12. The molecule has 2 heterocycles. The van der Waals surface area contributed by atoms with Gasteiger partial charge in [-0.1, -0.05) is 6.92 Å². The highest BCUT2D eigenvalue weighted by Gasteiger charge is 2.16. The molecule has 2 atom stereocenters. The Morgan fingerprint density at radius 3 is 2.79 bits per heavy atom. The minimum atomic E-state index is -0.332. The van der Waals surface area contributed by atoms with E-state index in [-0.39, 0.29) is 42.2 Å². The van der Waals surface area contributed by atoms with Crippen molar-refractivity contribution in [3.8, 4) is 17.1 Å². The predicted octanol–water partition coefficient (Wildman–Crippen LogP) is 2.24. The number of amides is 1. The number of benzene rings is 1. The van der Waals surface area contributed by atoms with Crippen LogP contribution in [0.25, 0.3) is 11.4 Å². The first-order valence-electron chi connectivity index (χ1n) is 10.2. The molecule has 8 heteroatoms. The van der Waals surface area contributed by atoms with Crippen LogP contribution >= 0.6 is 0 Å². The van der Waals surface area contributed by atoms with Gasteiger partial charge in [0.15, 0.2) is 5.82 Å². The number of H-pyrrole nitrogens is 1. The number of carbonyl (C=O) groups excluding carboxylic acids is 1. The van der Waals surface area contributed by atoms with Crippen LogP contribution in [0.15, 0.2) is 29.1 Å². The zero-order valence-corrected chi connectivity index (χ0v) is 16.9. The predicted molar refractivity (Wildman–Crippen MR) is 109 cm³/mol. The SMILES string of the molecule is CC[C@@H](C)Oc1ccc(-c2nnc(CCC(=O)NC[C@H]3CCCO3)c(=O)[nH]2)cc1. The van der Waals surface area contributed by atoms with Crippen molar-refractivity contribution in [2.24, 2.45) is 0 Å². The third-order valence-corrected chi connectivity index (χ3v) is 4.94. The first-order chi connectivity index (χ1) is 14.0. The fourth-order valence-electron chi connectivity index (χ4n) is 3.01. The molecule has 1 saturated heterocycles. The summed E-state index contributed by atoms with van der Waals surface area (Å²) in [5, 5.41) is 11.0. The van der Waals surface area contributed by atoms with Crippen LogP contribution in [-0.4, -0.2) is 46.4 Å². The summed E-state index contributed by atoms with van der Waals surface area (Å²) in [5.74, 6) is 1.03. The largest absolute Gasteiger partial charge is 0.491 e. The van der Waals surface area contributed by atoms with E-state index in [4.69, 9.17) is 9.47 Å². The van der Waals surface area contributed by atoms with Gasteiger partial charge in [0.2, 0.25) is 5.91 Å². The molecule has 0 unspecified atom stereocenters. The van der Waals surface area contributed by atoms with Crippen molar-refractivity contribution in [1.29, 1.82) is 0 Å². The Labute approximate surface area is 170 Å². The smallest absolute Gasteiger partial charge is 0.273 e. The van der Waals surface area contributed by atoms with Crippen molar-refractivity contribution >= 4 is 5.91 Å². The minimum absolute atomic E-state index is 0.100. The lowest BCUT2D eigenvalue weighted by atomic mass is 10.2. The van der Waals surface area contributed by atoms with Gasteiger partial charge in [0.25, 0.3) is 5.56 Å². The fourth-order valence-corrected chi connectivity index (χ4v) is 3.01. The molecule has 2 aromatic rings. The normalized spacial score (nSPS) is 17.1. The Morgan fingerprint density at radius 2 is 2.14 bits per heavy atom. The van der Waals surface area contributed by atoms with E-state index >= 15 is 0 Å². The molecule has 0 bridgehead atoms. The van der Waals surface area contributed by atoms with Crippen LogP contribution < -0.4 is 15.6 Å². The second kappa shape index (κ2) is 10.2. The molecule has 3 rings (SSSR count). The maximum Gasteiger partial charge on any atom is 0.273 e. The Hall–Kier alpha value is -2.74. The zero-order chi connectivity index (χ0) is 20.6. The topological polar surface area (TPSA) is 106 Å². The number of aromatic nitrogens is 3. The van der Waals surface area contributed by atoms with E-state index in [1.54, 1.807) is 0 Å². The molecule has 0 radical (unpaired) electrons. The van der Waals surface area contributed by atoms with Crippen molar-refractivity contribution in [3.05, 3.63) is 40.3 Å². The molecule has 2 N–H and O–H groups in total. The summed E-state index contributed by atoms with van der Waals surface area (Å²) in [6.45, 7) is 5.34. The lowest BCUT2D eigenvalue weighted by Gasteiger charge is -2.12. The number of rotatable bonds is 9. The summed E-state index contributed by atoms with van der Waals surface area (Å²) in [5.41, 5.74) is 0.659. The van der Waals surface area contributed by atoms with Gasteiger partial charge in [0.1, 0.15) is 11.4 Å². The number of ether oxygens (including phenoxy) is 2. The first-order valence-corrected chi connectivity index (χ1v) is 10.2. The summed E-state index contributed by atoms with van der Waals surface area (Å²) in [6.07, 6.45) is 3.59. The maximum atomic E-state index is 12.3. The van der Waals surface area contributed by atoms with Crippen molar-refractivity contribution in [1.82, 2.24) is 20.5 Å². The molecule has 0 aliphatic carbocycles. The highest BCUT2D eigenvalue weighted by atomic mass is 16.5. The Kier molecular flexibility index (Phi) is 7.35.